The highest BCUT2D eigenvalue weighted by Crippen LogP contribution is 2.17. The molecule has 2 aromatic rings. The van der Waals surface area contributed by atoms with Crippen molar-refractivity contribution in [3.8, 4) is 11.7 Å². The average Bonchev–Trinajstić information content (AvgIpc) is 2.72. The topological polar surface area (TPSA) is 60.2 Å². The third-order valence-corrected chi connectivity index (χ3v) is 2.04. The number of nitrogens with zero attached hydrogens (tertiary/aromatic N) is 3. The molecule has 0 saturated carbocycles. The second-order valence-electron chi connectivity index (χ2n) is 2.93. The van der Waals surface area contributed by atoms with Crippen LogP contribution in [-0.4, -0.2) is 27.0 Å². The van der Waals surface area contributed by atoms with Crippen LogP contribution in [0.1, 0.15) is 5.82 Å². The van der Waals surface area contributed by atoms with Gasteiger partial charge in [0.25, 0.3) is 0 Å². The summed E-state index contributed by atoms with van der Waals surface area (Å²) in [5, 5.41) is 16.7. The molecule has 0 aliphatic heterocycles. The van der Waals surface area contributed by atoms with Crippen LogP contribution in [0.2, 0.25) is 0 Å². The largest absolute Gasteiger partial charge is 0.467 e. The van der Waals surface area contributed by atoms with Crippen LogP contribution in [0.3, 0.4) is 0 Å². The zero-order chi connectivity index (χ0) is 10.7. The molecule has 0 aliphatic carbocycles. The number of hydrogen-bond acceptors (Lipinski definition) is 4. The van der Waals surface area contributed by atoms with Gasteiger partial charge in [-0.3, -0.25) is 0 Å². The molecule has 2 rings (SSSR count). The Kier molecular flexibility index (Phi) is 2.64. The lowest BCUT2D eigenvalue weighted by molar-refractivity contribution is 0.267. The summed E-state index contributed by atoms with van der Waals surface area (Å²) in [6.45, 7) is -0.175. The summed E-state index contributed by atoms with van der Waals surface area (Å²) in [5.74, 6) is 0.457. The van der Waals surface area contributed by atoms with Crippen molar-refractivity contribution in [2.45, 2.75) is 6.61 Å². The fourth-order valence-corrected chi connectivity index (χ4v) is 1.37. The summed E-state index contributed by atoms with van der Waals surface area (Å²) in [4.78, 5) is 0. The molecule has 0 unspecified atom stereocenters. The lowest BCUT2D eigenvalue weighted by Gasteiger charge is -2.07. The molecule has 5 nitrogen and oxygen atoms in total. The van der Waals surface area contributed by atoms with E-state index in [2.05, 4.69) is 10.2 Å². The molecule has 0 bridgehead atoms. The molecule has 1 heterocycles. The van der Waals surface area contributed by atoms with E-state index in [4.69, 9.17) is 9.84 Å². The maximum atomic E-state index is 9.11. The lowest BCUT2D eigenvalue weighted by atomic mass is 10.3. The average molecular weight is 205 g/mol. The molecular formula is C10H11N3O2. The highest BCUT2D eigenvalue weighted by atomic mass is 16.5. The van der Waals surface area contributed by atoms with E-state index in [0.29, 0.717) is 11.8 Å². The van der Waals surface area contributed by atoms with Crippen LogP contribution < -0.4 is 4.74 Å². The van der Waals surface area contributed by atoms with E-state index in [1.807, 2.05) is 30.3 Å². The summed E-state index contributed by atoms with van der Waals surface area (Å²) in [6, 6.07) is 9.87. The Morgan fingerprint density at radius 2 is 2.00 bits per heavy atom. The third-order valence-electron chi connectivity index (χ3n) is 2.04. The quantitative estimate of drug-likeness (QED) is 0.804. The van der Waals surface area contributed by atoms with Crippen LogP contribution in [0.15, 0.2) is 30.3 Å². The molecule has 0 fully saturated rings. The highest BCUT2D eigenvalue weighted by Gasteiger charge is 2.12. The normalized spacial score (nSPS) is 10.3. The van der Waals surface area contributed by atoms with Gasteiger partial charge >= 0.3 is 6.01 Å². The van der Waals surface area contributed by atoms with Crippen molar-refractivity contribution < 1.29 is 9.84 Å². The van der Waals surface area contributed by atoms with E-state index >= 15 is 0 Å². The smallest absolute Gasteiger partial charge is 0.321 e. The molecular weight excluding hydrogens is 194 g/mol. The van der Waals surface area contributed by atoms with Gasteiger partial charge in [-0.2, -0.15) is 0 Å². The number of benzene rings is 1. The van der Waals surface area contributed by atoms with E-state index < -0.39 is 0 Å². The van der Waals surface area contributed by atoms with Gasteiger partial charge in [0.05, 0.1) is 12.8 Å². The van der Waals surface area contributed by atoms with Gasteiger partial charge in [0.1, 0.15) is 6.61 Å². The van der Waals surface area contributed by atoms with Crippen LogP contribution in [0, 0.1) is 0 Å². The Hall–Kier alpha value is -1.88. The van der Waals surface area contributed by atoms with Gasteiger partial charge in [-0.05, 0) is 12.1 Å². The fraction of sp³-hybridized carbons (Fsp3) is 0.200. The van der Waals surface area contributed by atoms with Gasteiger partial charge in [-0.1, -0.05) is 23.3 Å². The van der Waals surface area contributed by atoms with Crippen molar-refractivity contribution in [1.82, 2.24) is 14.8 Å². The molecule has 1 N–H and O–H groups in total. The van der Waals surface area contributed by atoms with Crippen molar-refractivity contribution in [3.05, 3.63) is 36.2 Å². The van der Waals surface area contributed by atoms with E-state index in [0.717, 1.165) is 5.69 Å². The number of aliphatic hydroxyl groups is 1. The van der Waals surface area contributed by atoms with Crippen molar-refractivity contribution in [3.63, 3.8) is 0 Å². The summed E-state index contributed by atoms with van der Waals surface area (Å²) in [5.41, 5.74) is 0.864. The minimum atomic E-state index is -0.175. The summed E-state index contributed by atoms with van der Waals surface area (Å²) < 4.78 is 6.73. The van der Waals surface area contributed by atoms with Crippen LogP contribution in [0.25, 0.3) is 5.69 Å². The van der Waals surface area contributed by atoms with E-state index in [1.165, 1.54) is 7.11 Å². The standard InChI is InChI=1S/C10H11N3O2/c1-15-10-12-11-9(7-14)13(10)8-5-3-2-4-6-8/h2-6,14H,7H2,1H3. The first kappa shape index (κ1) is 9.67. The molecule has 15 heavy (non-hydrogen) atoms. The zero-order valence-corrected chi connectivity index (χ0v) is 8.29. The number of methoxy groups -OCH3 is 1. The second-order valence-corrected chi connectivity index (χ2v) is 2.93. The zero-order valence-electron chi connectivity index (χ0n) is 8.29. The lowest BCUT2D eigenvalue weighted by Crippen LogP contribution is -2.03. The number of aliphatic hydroxyl groups excluding tert-OH is 1. The van der Waals surface area contributed by atoms with Gasteiger partial charge in [0, 0.05) is 0 Å². The third kappa shape index (κ3) is 1.69. The Bertz CT molecular complexity index is 418. The first-order valence-electron chi connectivity index (χ1n) is 4.51. The molecule has 78 valence electrons. The van der Waals surface area contributed by atoms with Crippen LogP contribution >= 0.6 is 0 Å². The molecule has 0 amide bonds. The predicted molar refractivity (Wildman–Crippen MR) is 53.8 cm³/mol. The SMILES string of the molecule is COc1nnc(CO)n1-c1ccccc1. The van der Waals surface area contributed by atoms with Gasteiger partial charge in [0.15, 0.2) is 5.82 Å². The number of para-hydroxylation sites is 1. The molecule has 5 heteroatoms. The van der Waals surface area contributed by atoms with Crippen LogP contribution in [-0.2, 0) is 6.61 Å². The fourth-order valence-electron chi connectivity index (χ4n) is 1.37. The molecule has 0 atom stereocenters. The van der Waals surface area contributed by atoms with E-state index in [1.54, 1.807) is 4.57 Å². The maximum Gasteiger partial charge on any atom is 0.321 e. The van der Waals surface area contributed by atoms with Crippen LogP contribution in [0.5, 0.6) is 6.01 Å². The van der Waals surface area contributed by atoms with Crippen LogP contribution in [0.4, 0.5) is 0 Å². The first-order chi connectivity index (χ1) is 7.36. The maximum absolute atomic E-state index is 9.11. The summed E-state index contributed by atoms with van der Waals surface area (Å²) in [7, 11) is 1.52. The summed E-state index contributed by atoms with van der Waals surface area (Å²) >= 11 is 0. The monoisotopic (exact) mass is 205 g/mol. The van der Waals surface area contributed by atoms with Crippen molar-refractivity contribution in [2.75, 3.05) is 7.11 Å². The molecule has 0 saturated heterocycles. The molecule has 1 aromatic carbocycles. The second kappa shape index (κ2) is 4.10. The molecule has 0 spiro atoms. The Balaban J connectivity index is 2.55. The Labute approximate surface area is 87.0 Å². The van der Waals surface area contributed by atoms with E-state index in [-0.39, 0.29) is 6.61 Å². The number of hydrogen-bond donors (Lipinski definition) is 1. The Morgan fingerprint density at radius 3 is 2.60 bits per heavy atom. The van der Waals surface area contributed by atoms with Gasteiger partial charge in [-0.15, -0.1) is 5.10 Å². The van der Waals surface area contributed by atoms with Gasteiger partial charge < -0.3 is 9.84 Å². The highest BCUT2D eigenvalue weighted by molar-refractivity contribution is 5.35. The predicted octanol–water partition coefficient (Wildman–Crippen LogP) is 0.768. The minimum Gasteiger partial charge on any atom is -0.467 e. The van der Waals surface area contributed by atoms with E-state index in [9.17, 15) is 0 Å². The van der Waals surface area contributed by atoms with Gasteiger partial charge in [-0.25, -0.2) is 4.57 Å². The molecule has 1 aromatic heterocycles. The number of aromatic nitrogens is 3. The molecule has 0 radical (unpaired) electrons. The summed E-state index contributed by atoms with van der Waals surface area (Å²) in [6.07, 6.45) is 0. The Morgan fingerprint density at radius 1 is 1.27 bits per heavy atom. The number of rotatable bonds is 3. The van der Waals surface area contributed by atoms with Crippen molar-refractivity contribution >= 4 is 0 Å². The minimum absolute atomic E-state index is 0.175. The first-order valence-corrected chi connectivity index (χ1v) is 4.51. The van der Waals surface area contributed by atoms with Gasteiger partial charge in [0.2, 0.25) is 0 Å². The molecule has 0 aliphatic rings. The van der Waals surface area contributed by atoms with Crippen molar-refractivity contribution in [1.29, 1.82) is 0 Å². The number of ether oxygens (including phenoxy) is 1. The van der Waals surface area contributed by atoms with Crippen molar-refractivity contribution in [2.24, 2.45) is 0 Å².